The molecule has 1 aliphatic heterocycles. The van der Waals surface area contributed by atoms with Crippen molar-refractivity contribution in [2.45, 2.75) is 23.6 Å². The molecule has 116 valence electrons. The maximum atomic E-state index is 6.02. The number of nitrogen functional groups attached to an aromatic ring is 1. The van der Waals surface area contributed by atoms with Crippen LogP contribution in [-0.4, -0.2) is 20.2 Å². The number of hydrogen-bond acceptors (Lipinski definition) is 5. The van der Waals surface area contributed by atoms with Crippen molar-refractivity contribution in [3.05, 3.63) is 30.3 Å². The summed E-state index contributed by atoms with van der Waals surface area (Å²) in [5, 5.41) is 3.47. The topological polar surface area (TPSA) is 50.5 Å². The zero-order chi connectivity index (χ0) is 15.7. The molecule has 3 rings (SSSR count). The summed E-state index contributed by atoms with van der Waals surface area (Å²) in [5.41, 5.74) is 10.1. The lowest BCUT2D eigenvalue weighted by Crippen LogP contribution is -2.21. The van der Waals surface area contributed by atoms with Gasteiger partial charge < -0.3 is 20.7 Å². The highest BCUT2D eigenvalue weighted by molar-refractivity contribution is 7.99. The number of methoxy groups -OCH3 is 1. The van der Waals surface area contributed by atoms with Crippen LogP contribution in [0.15, 0.2) is 40.1 Å². The minimum absolute atomic E-state index is 0.666. The molecule has 0 saturated heterocycles. The van der Waals surface area contributed by atoms with Crippen molar-refractivity contribution in [2.24, 2.45) is 0 Å². The number of fused-ring (bicyclic) bond motifs is 2. The van der Waals surface area contributed by atoms with Gasteiger partial charge in [-0.15, -0.1) is 0 Å². The first-order chi connectivity index (χ1) is 10.7. The summed E-state index contributed by atoms with van der Waals surface area (Å²) < 4.78 is 5.30. The van der Waals surface area contributed by atoms with Crippen LogP contribution in [0, 0.1) is 0 Å². The molecule has 1 aliphatic rings. The molecule has 0 fully saturated rings. The number of rotatable bonds is 4. The number of anilines is 4. The highest BCUT2D eigenvalue weighted by Crippen LogP contribution is 2.47. The van der Waals surface area contributed by atoms with E-state index in [0.29, 0.717) is 11.4 Å². The van der Waals surface area contributed by atoms with Crippen molar-refractivity contribution < 1.29 is 4.74 Å². The summed E-state index contributed by atoms with van der Waals surface area (Å²) in [6.07, 6.45) is 0. The van der Waals surface area contributed by atoms with Gasteiger partial charge in [-0.05, 0) is 38.1 Å². The Morgan fingerprint density at radius 2 is 1.82 bits per heavy atom. The highest BCUT2D eigenvalue weighted by atomic mass is 32.2. The molecule has 0 atom stereocenters. The lowest BCUT2D eigenvalue weighted by atomic mass is 10.2. The number of ether oxygens (including phenoxy) is 1. The molecule has 2 aromatic rings. The van der Waals surface area contributed by atoms with E-state index in [0.717, 1.165) is 29.4 Å². The van der Waals surface area contributed by atoms with E-state index in [1.165, 1.54) is 10.6 Å². The lowest BCUT2D eigenvalue weighted by Gasteiger charge is -2.26. The van der Waals surface area contributed by atoms with E-state index in [4.69, 9.17) is 10.5 Å². The fourth-order valence-electron chi connectivity index (χ4n) is 2.68. The first-order valence-corrected chi connectivity index (χ1v) is 8.29. The molecule has 0 bridgehead atoms. The molecule has 0 aliphatic carbocycles. The summed E-state index contributed by atoms with van der Waals surface area (Å²) in [6, 6.07) is 10.5. The monoisotopic (exact) mass is 315 g/mol. The molecule has 22 heavy (non-hydrogen) atoms. The number of benzene rings is 2. The predicted molar refractivity (Wildman–Crippen MR) is 94.8 cm³/mol. The Morgan fingerprint density at radius 1 is 1.09 bits per heavy atom. The van der Waals surface area contributed by atoms with E-state index < -0.39 is 0 Å². The van der Waals surface area contributed by atoms with E-state index >= 15 is 0 Å². The van der Waals surface area contributed by atoms with Crippen LogP contribution in [0.2, 0.25) is 0 Å². The van der Waals surface area contributed by atoms with Crippen molar-refractivity contribution in [1.29, 1.82) is 0 Å². The Hall–Kier alpha value is -2.01. The van der Waals surface area contributed by atoms with E-state index in [2.05, 4.69) is 42.3 Å². The predicted octanol–water partition coefficient (Wildman–Crippen LogP) is 4.33. The van der Waals surface area contributed by atoms with E-state index in [-0.39, 0.29) is 0 Å². The summed E-state index contributed by atoms with van der Waals surface area (Å²) >= 11 is 1.74. The average molecular weight is 315 g/mol. The van der Waals surface area contributed by atoms with Crippen LogP contribution in [0.1, 0.15) is 13.8 Å². The van der Waals surface area contributed by atoms with Gasteiger partial charge in [0.1, 0.15) is 5.75 Å². The van der Waals surface area contributed by atoms with Gasteiger partial charge in [-0.3, -0.25) is 0 Å². The zero-order valence-electron chi connectivity index (χ0n) is 13.1. The molecular weight excluding hydrogens is 294 g/mol. The molecule has 4 nitrogen and oxygen atoms in total. The second-order valence-electron chi connectivity index (χ2n) is 5.17. The van der Waals surface area contributed by atoms with Gasteiger partial charge in [0.05, 0.1) is 24.2 Å². The molecular formula is C17H21N3OS. The molecule has 0 radical (unpaired) electrons. The van der Waals surface area contributed by atoms with Gasteiger partial charge in [0.25, 0.3) is 0 Å². The van der Waals surface area contributed by atoms with Crippen LogP contribution in [0.25, 0.3) is 0 Å². The third-order valence-corrected chi connectivity index (χ3v) is 5.03. The molecule has 0 amide bonds. The maximum absolute atomic E-state index is 6.02. The van der Waals surface area contributed by atoms with E-state index in [1.54, 1.807) is 18.9 Å². The molecule has 0 saturated carbocycles. The molecule has 2 aromatic carbocycles. The Morgan fingerprint density at radius 3 is 2.50 bits per heavy atom. The quantitative estimate of drug-likeness (QED) is 0.702. The van der Waals surface area contributed by atoms with Gasteiger partial charge in [0.2, 0.25) is 0 Å². The molecule has 0 aromatic heterocycles. The Labute approximate surface area is 135 Å². The molecule has 3 N–H and O–H groups in total. The fraction of sp³-hybridized carbons (Fsp3) is 0.294. The van der Waals surface area contributed by atoms with Gasteiger partial charge in [0, 0.05) is 34.6 Å². The third kappa shape index (κ3) is 2.57. The van der Waals surface area contributed by atoms with Crippen LogP contribution in [0.4, 0.5) is 22.7 Å². The first kappa shape index (κ1) is 14.9. The summed E-state index contributed by atoms with van der Waals surface area (Å²) in [7, 11) is 1.64. The van der Waals surface area contributed by atoms with Crippen LogP contribution in [0.5, 0.6) is 5.75 Å². The van der Waals surface area contributed by atoms with E-state index in [1.807, 2.05) is 12.1 Å². The second kappa shape index (κ2) is 6.01. The van der Waals surface area contributed by atoms with Gasteiger partial charge >= 0.3 is 0 Å². The minimum atomic E-state index is 0.666. The Bertz CT molecular complexity index is 699. The van der Waals surface area contributed by atoms with Crippen LogP contribution in [-0.2, 0) is 0 Å². The first-order valence-electron chi connectivity index (χ1n) is 7.47. The average Bonchev–Trinajstić information content (AvgIpc) is 2.53. The minimum Gasteiger partial charge on any atom is -0.495 e. The summed E-state index contributed by atoms with van der Waals surface area (Å²) in [6.45, 7) is 6.37. The SMILES string of the molecule is CCN(CC)c1ccc2c(c1)Sc1cc(N)c(OC)cc1N2. The molecule has 1 heterocycles. The highest BCUT2D eigenvalue weighted by Gasteiger charge is 2.19. The summed E-state index contributed by atoms with van der Waals surface area (Å²) in [5.74, 6) is 0.704. The Kier molecular flexibility index (Phi) is 4.07. The molecule has 0 spiro atoms. The van der Waals surface area contributed by atoms with Crippen LogP contribution >= 0.6 is 11.8 Å². The van der Waals surface area contributed by atoms with Crippen molar-refractivity contribution in [3.8, 4) is 5.75 Å². The van der Waals surface area contributed by atoms with Gasteiger partial charge in [-0.1, -0.05) is 11.8 Å². The second-order valence-corrected chi connectivity index (χ2v) is 6.25. The number of hydrogen-bond donors (Lipinski definition) is 2. The standard InChI is InChI=1S/C17H21N3OS/c1-4-20(5-2)11-6-7-13-16(8-11)22-17-9-12(18)15(21-3)10-14(17)19-13/h6-10,19H,4-5,18H2,1-3H3. The fourth-order valence-corrected chi connectivity index (χ4v) is 3.73. The van der Waals surface area contributed by atoms with Gasteiger partial charge in [0.15, 0.2) is 0 Å². The van der Waals surface area contributed by atoms with Crippen molar-refractivity contribution in [1.82, 2.24) is 0 Å². The van der Waals surface area contributed by atoms with Crippen LogP contribution in [0.3, 0.4) is 0 Å². The number of nitrogens with two attached hydrogens (primary N) is 1. The zero-order valence-corrected chi connectivity index (χ0v) is 14.0. The van der Waals surface area contributed by atoms with Gasteiger partial charge in [-0.2, -0.15) is 0 Å². The largest absolute Gasteiger partial charge is 0.495 e. The van der Waals surface area contributed by atoms with E-state index in [9.17, 15) is 0 Å². The van der Waals surface area contributed by atoms with Gasteiger partial charge in [-0.25, -0.2) is 0 Å². The lowest BCUT2D eigenvalue weighted by molar-refractivity contribution is 0.417. The van der Waals surface area contributed by atoms with Crippen molar-refractivity contribution in [2.75, 3.05) is 36.1 Å². The van der Waals surface area contributed by atoms with Crippen molar-refractivity contribution >= 4 is 34.5 Å². The summed E-state index contributed by atoms with van der Waals surface area (Å²) in [4.78, 5) is 4.70. The van der Waals surface area contributed by atoms with Crippen LogP contribution < -0.4 is 20.7 Å². The number of nitrogens with one attached hydrogen (secondary N) is 1. The van der Waals surface area contributed by atoms with Crippen molar-refractivity contribution in [3.63, 3.8) is 0 Å². The molecule has 5 heteroatoms. The molecule has 0 unspecified atom stereocenters. The smallest absolute Gasteiger partial charge is 0.143 e. The number of nitrogens with zero attached hydrogens (tertiary/aromatic N) is 1. The Balaban J connectivity index is 1.96. The third-order valence-electron chi connectivity index (χ3n) is 3.91. The normalized spacial score (nSPS) is 12.1. The maximum Gasteiger partial charge on any atom is 0.143 e.